The van der Waals surface area contributed by atoms with E-state index < -0.39 is 18.2 Å². The van der Waals surface area contributed by atoms with E-state index in [4.69, 9.17) is 4.74 Å². The van der Waals surface area contributed by atoms with Crippen molar-refractivity contribution in [1.29, 1.82) is 0 Å². The topological polar surface area (TPSA) is 123 Å². The van der Waals surface area contributed by atoms with E-state index in [0.717, 1.165) is 10.8 Å². The molecule has 10 heteroatoms. The summed E-state index contributed by atoms with van der Waals surface area (Å²) in [5, 5.41) is 20.5. The van der Waals surface area contributed by atoms with E-state index in [-0.39, 0.29) is 37.4 Å². The highest BCUT2D eigenvalue weighted by Crippen LogP contribution is 2.30. The summed E-state index contributed by atoms with van der Waals surface area (Å²) < 4.78 is 6.52. The molecule has 0 saturated heterocycles. The number of carbonyl (C=O) groups excluding carboxylic acids is 3. The van der Waals surface area contributed by atoms with Crippen LogP contribution in [0.1, 0.15) is 19.4 Å². The van der Waals surface area contributed by atoms with Crippen molar-refractivity contribution in [2.45, 2.75) is 32.4 Å². The lowest BCUT2D eigenvalue weighted by molar-refractivity contribution is -0.134. The number of urea groups is 2. The zero-order valence-electron chi connectivity index (χ0n) is 25.7. The van der Waals surface area contributed by atoms with Gasteiger partial charge in [0.25, 0.3) is 0 Å². The van der Waals surface area contributed by atoms with Crippen molar-refractivity contribution < 1.29 is 24.2 Å². The minimum absolute atomic E-state index is 0.0178. The van der Waals surface area contributed by atoms with E-state index in [9.17, 15) is 19.5 Å². The second-order valence-corrected chi connectivity index (χ2v) is 11.5. The number of hydrogen-bond donors (Lipinski definition) is 4. The van der Waals surface area contributed by atoms with E-state index >= 15 is 0 Å². The lowest BCUT2D eigenvalue weighted by Crippen LogP contribution is -2.48. The zero-order valence-corrected chi connectivity index (χ0v) is 25.7. The molecule has 45 heavy (non-hydrogen) atoms. The molecule has 1 aliphatic rings. The van der Waals surface area contributed by atoms with Gasteiger partial charge in [-0.1, -0.05) is 61.5 Å². The van der Waals surface area contributed by atoms with Crippen molar-refractivity contribution >= 4 is 45.8 Å². The maximum absolute atomic E-state index is 13.6. The molecule has 0 spiro atoms. The molecule has 0 aromatic heterocycles. The zero-order chi connectivity index (χ0) is 31.9. The first-order chi connectivity index (χ1) is 21.7. The van der Waals surface area contributed by atoms with Gasteiger partial charge in [0, 0.05) is 41.8 Å². The molecule has 1 aliphatic heterocycles. The lowest BCUT2D eigenvalue weighted by Gasteiger charge is -2.34. The Labute approximate surface area is 263 Å². The molecule has 4 N–H and O–H groups in total. The fourth-order valence-corrected chi connectivity index (χ4v) is 5.44. The first-order valence-corrected chi connectivity index (χ1v) is 15.0. The Kier molecular flexibility index (Phi) is 9.84. The van der Waals surface area contributed by atoms with Gasteiger partial charge < -0.3 is 35.6 Å². The van der Waals surface area contributed by atoms with Crippen LogP contribution < -0.4 is 20.7 Å². The van der Waals surface area contributed by atoms with Crippen LogP contribution in [-0.2, 0) is 11.2 Å². The Morgan fingerprint density at radius 1 is 0.956 bits per heavy atom. The summed E-state index contributed by atoms with van der Waals surface area (Å²) in [5.74, 6) is 0.155. The van der Waals surface area contributed by atoms with Gasteiger partial charge in [-0.3, -0.25) is 4.79 Å². The van der Waals surface area contributed by atoms with Gasteiger partial charge in [0.2, 0.25) is 5.91 Å². The van der Waals surface area contributed by atoms with Crippen molar-refractivity contribution in [3.63, 3.8) is 0 Å². The summed E-state index contributed by atoms with van der Waals surface area (Å²) >= 11 is 0. The Bertz CT molecular complexity index is 1660. The van der Waals surface area contributed by atoms with Gasteiger partial charge in [0.1, 0.15) is 11.9 Å². The molecule has 0 unspecified atom stereocenters. The van der Waals surface area contributed by atoms with E-state index in [1.54, 1.807) is 42.0 Å². The number of nitrogens with one attached hydrogen (secondary N) is 3. The average molecular weight is 610 g/mol. The van der Waals surface area contributed by atoms with Crippen molar-refractivity contribution in [2.75, 3.05) is 42.7 Å². The first-order valence-electron chi connectivity index (χ1n) is 15.0. The van der Waals surface area contributed by atoms with Crippen LogP contribution in [0.4, 0.5) is 26.7 Å². The smallest absolute Gasteiger partial charge is 0.323 e. The van der Waals surface area contributed by atoms with Crippen LogP contribution in [0.3, 0.4) is 0 Å². The number of para-hydroxylation sites is 1. The van der Waals surface area contributed by atoms with Crippen molar-refractivity contribution in [1.82, 2.24) is 9.80 Å². The van der Waals surface area contributed by atoms with Crippen LogP contribution in [0.5, 0.6) is 5.75 Å². The molecule has 0 fully saturated rings. The summed E-state index contributed by atoms with van der Waals surface area (Å²) in [7, 11) is 1.70. The van der Waals surface area contributed by atoms with Gasteiger partial charge >= 0.3 is 12.1 Å². The number of hydrogen-bond acceptors (Lipinski definition) is 5. The normalized spacial score (nSPS) is 17.2. The number of likely N-dealkylation sites (N-methyl/N-ethyl adjacent to an activating group) is 1. The molecule has 0 radical (unpaired) electrons. The summed E-state index contributed by atoms with van der Waals surface area (Å²) in [5.41, 5.74) is 2.44. The van der Waals surface area contributed by atoms with Crippen molar-refractivity contribution in [3.8, 4) is 5.75 Å². The molecule has 3 atom stereocenters. The van der Waals surface area contributed by atoms with Gasteiger partial charge in [-0.15, -0.1) is 0 Å². The van der Waals surface area contributed by atoms with Crippen LogP contribution in [0, 0.1) is 5.92 Å². The largest absolute Gasteiger partial charge is 0.488 e. The van der Waals surface area contributed by atoms with Gasteiger partial charge in [-0.05, 0) is 48.7 Å². The summed E-state index contributed by atoms with van der Waals surface area (Å²) in [6, 6.07) is 26.8. The van der Waals surface area contributed by atoms with E-state index in [1.807, 2.05) is 79.7 Å². The minimum Gasteiger partial charge on any atom is -0.488 e. The van der Waals surface area contributed by atoms with Crippen LogP contribution in [0.15, 0.2) is 91.0 Å². The molecular weight excluding hydrogens is 570 g/mol. The monoisotopic (exact) mass is 609 g/mol. The number of anilines is 3. The van der Waals surface area contributed by atoms with Crippen molar-refractivity contribution in [2.24, 2.45) is 5.92 Å². The molecule has 0 bridgehead atoms. The van der Waals surface area contributed by atoms with E-state index in [2.05, 4.69) is 16.0 Å². The fourth-order valence-electron chi connectivity index (χ4n) is 5.44. The maximum atomic E-state index is 13.6. The van der Waals surface area contributed by atoms with Crippen LogP contribution >= 0.6 is 0 Å². The molecular formula is C35H39N5O5. The summed E-state index contributed by atoms with van der Waals surface area (Å²) in [6.07, 6.45) is -0.452. The van der Waals surface area contributed by atoms with Gasteiger partial charge in [0.05, 0.1) is 31.3 Å². The Morgan fingerprint density at radius 3 is 2.47 bits per heavy atom. The average Bonchev–Trinajstić information content (AvgIpc) is 3.08. The molecule has 10 nitrogen and oxygen atoms in total. The number of nitrogens with zero attached hydrogens (tertiary/aromatic N) is 2. The standard InChI is InChI=1S/C35H39N5O5/c1-23-20-40(24(2)22-41)33(42)19-26-18-28(36-34(43)38-30-15-9-11-25-10-7-8-14-29(25)30)16-17-31(26)45-32(23)21-39(3)35(44)37-27-12-5-4-6-13-27/h4-18,23-24,32,41H,19-22H2,1-3H3,(H,37,44)(H2,36,38,43)/t23-,24+,32-/m0/s1. The number of aliphatic hydroxyl groups excluding tert-OH is 1. The van der Waals surface area contributed by atoms with Gasteiger partial charge in [0.15, 0.2) is 0 Å². The second-order valence-electron chi connectivity index (χ2n) is 11.5. The van der Waals surface area contributed by atoms with Crippen LogP contribution in [0.2, 0.25) is 0 Å². The van der Waals surface area contributed by atoms with Crippen molar-refractivity contribution in [3.05, 3.63) is 96.6 Å². The first kappa shape index (κ1) is 31.3. The predicted molar refractivity (Wildman–Crippen MR) is 177 cm³/mol. The summed E-state index contributed by atoms with van der Waals surface area (Å²) in [6.45, 7) is 4.17. The molecule has 5 rings (SSSR count). The van der Waals surface area contributed by atoms with Crippen LogP contribution in [0.25, 0.3) is 10.8 Å². The van der Waals surface area contributed by atoms with E-state index in [0.29, 0.717) is 34.9 Å². The quantitative estimate of drug-likeness (QED) is 0.211. The highest BCUT2D eigenvalue weighted by Gasteiger charge is 2.32. The van der Waals surface area contributed by atoms with Gasteiger partial charge in [-0.2, -0.15) is 0 Å². The Hall–Kier alpha value is -5.09. The molecule has 234 valence electrons. The number of amides is 5. The summed E-state index contributed by atoms with van der Waals surface area (Å²) in [4.78, 5) is 42.8. The SMILES string of the molecule is C[C@H](CO)N1C[C@H](C)[C@H](CN(C)C(=O)Nc2ccccc2)Oc2ccc(NC(=O)Nc3cccc4ccccc34)cc2CC1=O. The molecule has 4 aromatic rings. The third-order valence-electron chi connectivity index (χ3n) is 8.04. The Morgan fingerprint density at radius 2 is 1.69 bits per heavy atom. The molecule has 4 aromatic carbocycles. The predicted octanol–water partition coefficient (Wildman–Crippen LogP) is 5.80. The maximum Gasteiger partial charge on any atom is 0.323 e. The lowest BCUT2D eigenvalue weighted by atomic mass is 10.0. The fraction of sp³-hybridized carbons (Fsp3) is 0.286. The van der Waals surface area contributed by atoms with Crippen LogP contribution in [-0.4, -0.2) is 71.8 Å². The number of ether oxygens (including phenoxy) is 1. The highest BCUT2D eigenvalue weighted by atomic mass is 16.5. The third-order valence-corrected chi connectivity index (χ3v) is 8.04. The molecule has 0 aliphatic carbocycles. The third kappa shape index (κ3) is 7.71. The number of carbonyl (C=O) groups is 3. The van der Waals surface area contributed by atoms with E-state index in [1.165, 1.54) is 0 Å². The molecule has 5 amide bonds. The number of aliphatic hydroxyl groups is 1. The van der Waals surface area contributed by atoms with Gasteiger partial charge in [-0.25, -0.2) is 9.59 Å². The Balaban J connectivity index is 1.37. The number of rotatable bonds is 7. The molecule has 0 saturated carbocycles. The second kappa shape index (κ2) is 14.1. The minimum atomic E-state index is -0.469. The number of benzene rings is 4. The highest BCUT2D eigenvalue weighted by molar-refractivity contribution is 6.06. The number of fused-ring (bicyclic) bond motifs is 2. The molecule has 1 heterocycles.